The minimum absolute atomic E-state index is 0.0531. The van der Waals surface area contributed by atoms with Crippen molar-refractivity contribution < 1.29 is 9.90 Å². The first kappa shape index (κ1) is 20.3. The average Bonchev–Trinajstić information content (AvgIpc) is 2.65. The zero-order valence-corrected chi connectivity index (χ0v) is 17.0. The van der Waals surface area contributed by atoms with Crippen LogP contribution in [0.25, 0.3) is 10.9 Å². The lowest BCUT2D eigenvalue weighted by molar-refractivity contribution is -0.111. The van der Waals surface area contributed by atoms with E-state index in [0.29, 0.717) is 29.0 Å². The second-order valence-corrected chi connectivity index (χ2v) is 7.19. The molecule has 1 heterocycles. The van der Waals surface area contributed by atoms with Crippen molar-refractivity contribution in [3.8, 4) is 5.75 Å². The summed E-state index contributed by atoms with van der Waals surface area (Å²) in [5.74, 6) is 0.224. The van der Waals surface area contributed by atoms with Crippen molar-refractivity contribution in [3.05, 3.63) is 59.9 Å². The fourth-order valence-electron chi connectivity index (χ4n) is 2.79. The lowest BCUT2D eigenvalue weighted by Gasteiger charge is -2.12. The maximum Gasteiger partial charge on any atom is 0.248 e. The normalized spacial score (nSPS) is 11.3. The maximum atomic E-state index is 12.2. The van der Waals surface area contributed by atoms with Gasteiger partial charge in [-0.3, -0.25) is 4.79 Å². The molecule has 0 saturated heterocycles. The largest absolute Gasteiger partial charge is 0.506 e. The van der Waals surface area contributed by atoms with Crippen LogP contribution in [0.5, 0.6) is 5.75 Å². The molecule has 1 amide bonds. The Morgan fingerprint density at radius 1 is 1.14 bits per heavy atom. The Bertz CT molecular complexity index is 1080. The van der Waals surface area contributed by atoms with Gasteiger partial charge in [0.2, 0.25) is 5.91 Å². The van der Waals surface area contributed by atoms with Crippen LogP contribution in [0.1, 0.15) is 11.1 Å². The number of rotatable bonds is 6. The second kappa shape index (κ2) is 8.70. The van der Waals surface area contributed by atoms with Gasteiger partial charge in [0.15, 0.2) is 0 Å². The number of hydrogen-bond donors (Lipinski definition) is 3. The van der Waals surface area contributed by atoms with E-state index < -0.39 is 0 Å². The Morgan fingerprint density at radius 3 is 2.66 bits per heavy atom. The van der Waals surface area contributed by atoms with Crippen LogP contribution >= 0.6 is 0 Å². The van der Waals surface area contributed by atoms with Crippen molar-refractivity contribution in [2.45, 2.75) is 13.8 Å². The molecule has 7 nitrogen and oxygen atoms in total. The Labute approximate surface area is 170 Å². The van der Waals surface area contributed by atoms with Crippen molar-refractivity contribution in [2.75, 3.05) is 31.3 Å². The third-order valence-electron chi connectivity index (χ3n) is 4.52. The number of aromatic nitrogens is 2. The number of phenolic OH excluding ortho intramolecular Hbond substituents is 1. The van der Waals surface area contributed by atoms with E-state index in [1.165, 1.54) is 29.6 Å². The molecule has 3 aromatic rings. The molecule has 0 atom stereocenters. The minimum atomic E-state index is -0.318. The molecule has 0 saturated carbocycles. The van der Waals surface area contributed by atoms with Gasteiger partial charge in [-0.2, -0.15) is 0 Å². The average molecular weight is 391 g/mol. The topological polar surface area (TPSA) is 90.4 Å². The summed E-state index contributed by atoms with van der Waals surface area (Å²) in [6, 6.07) is 9.25. The molecule has 150 valence electrons. The molecule has 0 aliphatic rings. The molecular formula is C22H25N5O2. The van der Waals surface area contributed by atoms with Crippen LogP contribution in [0.4, 0.5) is 17.2 Å². The van der Waals surface area contributed by atoms with Gasteiger partial charge in [0.1, 0.15) is 17.9 Å². The maximum absolute atomic E-state index is 12.2. The number of aromatic hydroxyl groups is 1. The molecule has 7 heteroatoms. The van der Waals surface area contributed by atoms with Gasteiger partial charge < -0.3 is 20.6 Å². The van der Waals surface area contributed by atoms with Gasteiger partial charge in [-0.25, -0.2) is 9.97 Å². The first-order valence-electron chi connectivity index (χ1n) is 9.27. The van der Waals surface area contributed by atoms with E-state index in [4.69, 9.17) is 0 Å². The molecule has 0 spiro atoms. The quantitative estimate of drug-likeness (QED) is 0.438. The number of phenols is 1. The zero-order chi connectivity index (χ0) is 21.0. The summed E-state index contributed by atoms with van der Waals surface area (Å²) in [6.07, 6.45) is 4.63. The molecule has 0 fully saturated rings. The Hall–Kier alpha value is -3.45. The first-order valence-corrected chi connectivity index (χ1v) is 9.27. The molecule has 29 heavy (non-hydrogen) atoms. The van der Waals surface area contributed by atoms with E-state index >= 15 is 0 Å². The number of benzene rings is 2. The monoisotopic (exact) mass is 391 g/mol. The highest BCUT2D eigenvalue weighted by atomic mass is 16.3. The summed E-state index contributed by atoms with van der Waals surface area (Å²) in [6.45, 7) is 4.76. The van der Waals surface area contributed by atoms with Gasteiger partial charge in [-0.05, 0) is 57.3 Å². The molecule has 0 aliphatic carbocycles. The first-order chi connectivity index (χ1) is 13.8. The zero-order valence-electron chi connectivity index (χ0n) is 17.0. The van der Waals surface area contributed by atoms with Gasteiger partial charge in [0.05, 0.1) is 11.2 Å². The number of nitrogens with zero attached hydrogens (tertiary/aromatic N) is 3. The number of amides is 1. The molecule has 0 bridgehead atoms. The predicted molar refractivity (Wildman–Crippen MR) is 117 cm³/mol. The number of carbonyl (C=O) groups is 1. The molecule has 0 unspecified atom stereocenters. The Balaban J connectivity index is 1.90. The van der Waals surface area contributed by atoms with E-state index in [1.54, 1.807) is 12.1 Å². The third-order valence-corrected chi connectivity index (χ3v) is 4.52. The van der Waals surface area contributed by atoms with E-state index in [0.717, 1.165) is 5.69 Å². The minimum Gasteiger partial charge on any atom is -0.506 e. The predicted octanol–water partition coefficient (Wildman–Crippen LogP) is 3.75. The lowest BCUT2D eigenvalue weighted by atomic mass is 10.1. The van der Waals surface area contributed by atoms with Crippen LogP contribution in [0.3, 0.4) is 0 Å². The number of nitrogens with one attached hydrogen (secondary N) is 2. The highest BCUT2D eigenvalue weighted by Crippen LogP contribution is 2.32. The molecule has 0 radical (unpaired) electrons. The lowest BCUT2D eigenvalue weighted by Crippen LogP contribution is -2.13. The van der Waals surface area contributed by atoms with Gasteiger partial charge in [-0.15, -0.1) is 0 Å². The summed E-state index contributed by atoms with van der Waals surface area (Å²) in [5.41, 5.74) is 4.15. The van der Waals surface area contributed by atoms with Gasteiger partial charge in [0, 0.05) is 29.8 Å². The number of carbonyl (C=O) groups excluding carboxylic acids is 1. The van der Waals surface area contributed by atoms with E-state index in [-0.39, 0.29) is 11.7 Å². The number of aryl methyl sites for hydroxylation is 2. The van der Waals surface area contributed by atoms with Gasteiger partial charge in [-0.1, -0.05) is 12.1 Å². The highest BCUT2D eigenvalue weighted by Gasteiger charge is 2.11. The number of hydrogen-bond acceptors (Lipinski definition) is 6. The van der Waals surface area contributed by atoms with Crippen LogP contribution in [0.2, 0.25) is 0 Å². The van der Waals surface area contributed by atoms with Crippen molar-refractivity contribution in [3.63, 3.8) is 0 Å². The van der Waals surface area contributed by atoms with Crippen LogP contribution in [0.15, 0.2) is 48.8 Å². The summed E-state index contributed by atoms with van der Waals surface area (Å²) in [7, 11) is 3.84. The van der Waals surface area contributed by atoms with Crippen molar-refractivity contribution in [1.82, 2.24) is 14.9 Å². The van der Waals surface area contributed by atoms with Crippen molar-refractivity contribution in [2.24, 2.45) is 0 Å². The number of likely N-dealkylation sites (N-methyl/N-ethyl adjacent to an activating group) is 1. The van der Waals surface area contributed by atoms with Crippen LogP contribution in [-0.2, 0) is 4.79 Å². The Morgan fingerprint density at radius 2 is 1.93 bits per heavy atom. The van der Waals surface area contributed by atoms with E-state index in [1.807, 2.05) is 44.1 Å². The molecule has 0 aliphatic heterocycles. The molecule has 3 N–H and O–H groups in total. The summed E-state index contributed by atoms with van der Waals surface area (Å²) >= 11 is 0. The van der Waals surface area contributed by atoms with Crippen LogP contribution in [0, 0.1) is 13.8 Å². The SMILES string of the molecule is Cc1ccc(Nc2ncnc3cc(O)c(NC(=O)/C=C/CN(C)C)cc23)cc1C. The second-order valence-electron chi connectivity index (χ2n) is 7.19. The molecular weight excluding hydrogens is 366 g/mol. The fourth-order valence-corrected chi connectivity index (χ4v) is 2.79. The standard InChI is InChI=1S/C22H25N5O2/c1-14-7-8-16(10-15(14)2)25-22-17-11-19(20(28)12-18(17)23-13-24-22)26-21(29)6-5-9-27(3)4/h5-8,10-13,28H,9H2,1-4H3,(H,26,29)(H,23,24,25)/b6-5+. The van der Waals surface area contributed by atoms with Crippen LogP contribution < -0.4 is 10.6 Å². The third kappa shape index (κ3) is 5.08. The van der Waals surface area contributed by atoms with Crippen molar-refractivity contribution >= 4 is 34.0 Å². The molecule has 1 aromatic heterocycles. The highest BCUT2D eigenvalue weighted by molar-refractivity contribution is 6.03. The summed E-state index contributed by atoms with van der Waals surface area (Å²) < 4.78 is 0. The number of anilines is 3. The molecule has 3 rings (SSSR count). The Kier molecular flexibility index (Phi) is 6.09. The summed E-state index contributed by atoms with van der Waals surface area (Å²) in [4.78, 5) is 22.7. The summed E-state index contributed by atoms with van der Waals surface area (Å²) in [5, 5.41) is 17.0. The molecule has 2 aromatic carbocycles. The van der Waals surface area contributed by atoms with Crippen LogP contribution in [-0.4, -0.2) is 46.5 Å². The van der Waals surface area contributed by atoms with Crippen molar-refractivity contribution in [1.29, 1.82) is 0 Å². The number of fused-ring (bicyclic) bond motifs is 1. The van der Waals surface area contributed by atoms with E-state index in [9.17, 15) is 9.90 Å². The van der Waals surface area contributed by atoms with Gasteiger partial charge >= 0.3 is 0 Å². The smallest absolute Gasteiger partial charge is 0.248 e. The van der Waals surface area contributed by atoms with E-state index in [2.05, 4.69) is 27.5 Å². The van der Waals surface area contributed by atoms with Gasteiger partial charge in [0.25, 0.3) is 0 Å². The fraction of sp³-hybridized carbons (Fsp3) is 0.227.